The fourth-order valence-electron chi connectivity index (χ4n) is 2.93. The van der Waals surface area contributed by atoms with E-state index in [2.05, 4.69) is 10.4 Å². The Bertz CT molecular complexity index is 799. The van der Waals surface area contributed by atoms with Gasteiger partial charge in [0.2, 0.25) is 0 Å². The van der Waals surface area contributed by atoms with Gasteiger partial charge in [-0.1, -0.05) is 35.3 Å². The van der Waals surface area contributed by atoms with Crippen molar-refractivity contribution in [3.8, 4) is 0 Å². The van der Waals surface area contributed by atoms with Crippen molar-refractivity contribution in [2.75, 3.05) is 0 Å². The second-order valence-electron chi connectivity index (χ2n) is 6.50. The minimum Gasteiger partial charge on any atom is -0.334 e. The molecule has 0 atom stereocenters. The average molecular weight is 381 g/mol. The van der Waals surface area contributed by atoms with Crippen LogP contribution in [0.5, 0.6) is 0 Å². The summed E-state index contributed by atoms with van der Waals surface area (Å²) in [5.41, 5.74) is 3.99. The van der Waals surface area contributed by atoms with E-state index >= 15 is 0 Å². The molecule has 2 aromatic rings. The van der Waals surface area contributed by atoms with Crippen LogP contribution in [0.4, 0.5) is 4.79 Å². The first kappa shape index (κ1) is 18.1. The zero-order chi connectivity index (χ0) is 18.1. The molecule has 1 aromatic heterocycles. The van der Waals surface area contributed by atoms with Gasteiger partial charge in [0.1, 0.15) is 0 Å². The van der Waals surface area contributed by atoms with Gasteiger partial charge in [0, 0.05) is 30.9 Å². The van der Waals surface area contributed by atoms with Crippen LogP contribution in [0.15, 0.2) is 18.2 Å². The molecule has 1 N–H and O–H groups in total. The number of carbonyl (C=O) groups excluding carboxylic acids is 1. The van der Waals surface area contributed by atoms with Gasteiger partial charge < -0.3 is 10.2 Å². The van der Waals surface area contributed by atoms with Gasteiger partial charge in [0.15, 0.2) is 0 Å². The molecule has 0 saturated heterocycles. The van der Waals surface area contributed by atoms with E-state index in [0.717, 1.165) is 35.4 Å². The Hall–Kier alpha value is -1.72. The molecule has 134 valence electrons. The van der Waals surface area contributed by atoms with Gasteiger partial charge in [-0.25, -0.2) is 4.79 Å². The van der Waals surface area contributed by atoms with E-state index in [1.54, 1.807) is 6.07 Å². The van der Waals surface area contributed by atoms with Crippen LogP contribution in [0.25, 0.3) is 0 Å². The van der Waals surface area contributed by atoms with Gasteiger partial charge in [-0.15, -0.1) is 0 Å². The molecule has 1 aliphatic rings. The van der Waals surface area contributed by atoms with Gasteiger partial charge in [0.05, 0.1) is 22.3 Å². The summed E-state index contributed by atoms with van der Waals surface area (Å²) in [5.74, 6) is 0. The number of benzene rings is 1. The van der Waals surface area contributed by atoms with E-state index in [9.17, 15) is 4.79 Å². The van der Waals surface area contributed by atoms with Crippen molar-refractivity contribution in [1.29, 1.82) is 0 Å². The Balaban J connectivity index is 1.70. The van der Waals surface area contributed by atoms with E-state index in [4.69, 9.17) is 23.2 Å². The summed E-state index contributed by atoms with van der Waals surface area (Å²) in [6, 6.07) is 5.65. The number of amides is 2. The standard InChI is InChI=1S/C18H22Cl2N4O/c1-11-15(12(2)23(3)22-11)10-24(14-7-8-14)18(25)21-9-13-5-4-6-16(19)17(13)20/h4-6,14H,7-10H2,1-3H3,(H,21,25). The van der Waals surface area contributed by atoms with Crippen LogP contribution < -0.4 is 5.32 Å². The van der Waals surface area contributed by atoms with E-state index in [-0.39, 0.29) is 6.03 Å². The molecule has 1 heterocycles. The van der Waals surface area contributed by atoms with Crippen molar-refractivity contribution in [2.24, 2.45) is 7.05 Å². The van der Waals surface area contributed by atoms with Crippen LogP contribution in [0, 0.1) is 13.8 Å². The maximum atomic E-state index is 12.7. The Morgan fingerprint density at radius 2 is 2.08 bits per heavy atom. The second kappa shape index (κ2) is 7.26. The van der Waals surface area contributed by atoms with E-state index < -0.39 is 0 Å². The number of hydrogen-bond acceptors (Lipinski definition) is 2. The van der Waals surface area contributed by atoms with Crippen LogP contribution in [0.3, 0.4) is 0 Å². The summed E-state index contributed by atoms with van der Waals surface area (Å²) in [6.07, 6.45) is 2.09. The summed E-state index contributed by atoms with van der Waals surface area (Å²) in [4.78, 5) is 14.6. The van der Waals surface area contributed by atoms with E-state index in [1.165, 1.54) is 0 Å². The number of hydrogen-bond donors (Lipinski definition) is 1. The fourth-order valence-corrected chi connectivity index (χ4v) is 3.31. The predicted molar refractivity (Wildman–Crippen MR) is 99.9 cm³/mol. The molecule has 7 heteroatoms. The molecule has 1 saturated carbocycles. The average Bonchev–Trinajstić information content (AvgIpc) is 3.37. The molecule has 0 unspecified atom stereocenters. The molecule has 3 rings (SSSR count). The number of carbonyl (C=O) groups is 1. The lowest BCUT2D eigenvalue weighted by Gasteiger charge is -2.23. The number of halogens is 2. The van der Waals surface area contributed by atoms with Gasteiger partial charge in [-0.05, 0) is 38.3 Å². The molecular weight excluding hydrogens is 359 g/mol. The van der Waals surface area contributed by atoms with Crippen LogP contribution >= 0.6 is 23.2 Å². The second-order valence-corrected chi connectivity index (χ2v) is 7.29. The largest absolute Gasteiger partial charge is 0.334 e. The first-order chi connectivity index (χ1) is 11.9. The normalized spacial score (nSPS) is 13.8. The topological polar surface area (TPSA) is 50.2 Å². The molecule has 0 spiro atoms. The minimum atomic E-state index is -0.0822. The number of aromatic nitrogens is 2. The van der Waals surface area contributed by atoms with Gasteiger partial charge in [-0.3, -0.25) is 4.68 Å². The highest BCUT2D eigenvalue weighted by Gasteiger charge is 2.33. The molecule has 1 aliphatic carbocycles. The maximum Gasteiger partial charge on any atom is 0.318 e. The Morgan fingerprint density at radius 3 is 2.68 bits per heavy atom. The highest BCUT2D eigenvalue weighted by atomic mass is 35.5. The smallest absolute Gasteiger partial charge is 0.318 e. The fraction of sp³-hybridized carbons (Fsp3) is 0.444. The first-order valence-electron chi connectivity index (χ1n) is 8.35. The van der Waals surface area contributed by atoms with Crippen molar-refractivity contribution in [3.05, 3.63) is 50.8 Å². The summed E-state index contributed by atoms with van der Waals surface area (Å²) in [7, 11) is 1.93. The zero-order valence-electron chi connectivity index (χ0n) is 14.6. The highest BCUT2D eigenvalue weighted by molar-refractivity contribution is 6.42. The molecule has 0 bridgehead atoms. The quantitative estimate of drug-likeness (QED) is 0.843. The van der Waals surface area contributed by atoms with Crippen LogP contribution in [-0.4, -0.2) is 26.8 Å². The Kier molecular flexibility index (Phi) is 5.25. The lowest BCUT2D eigenvalue weighted by atomic mass is 10.2. The van der Waals surface area contributed by atoms with Crippen LogP contribution in [0.2, 0.25) is 10.0 Å². The summed E-state index contributed by atoms with van der Waals surface area (Å²) in [6.45, 7) is 4.94. The van der Waals surface area contributed by atoms with Gasteiger partial charge >= 0.3 is 6.03 Å². The number of rotatable bonds is 5. The van der Waals surface area contributed by atoms with Gasteiger partial charge in [-0.2, -0.15) is 5.10 Å². The van der Waals surface area contributed by atoms with Crippen molar-refractivity contribution < 1.29 is 4.79 Å². The molecular formula is C18H22Cl2N4O. The maximum absolute atomic E-state index is 12.7. The monoisotopic (exact) mass is 380 g/mol. The van der Waals surface area contributed by atoms with Crippen LogP contribution in [-0.2, 0) is 20.1 Å². The molecule has 0 radical (unpaired) electrons. The molecule has 25 heavy (non-hydrogen) atoms. The third kappa shape index (κ3) is 3.93. The number of aryl methyl sites for hydroxylation is 2. The van der Waals surface area contributed by atoms with Crippen LogP contribution in [0.1, 0.15) is 35.4 Å². The minimum absolute atomic E-state index is 0.0822. The zero-order valence-corrected chi connectivity index (χ0v) is 16.2. The number of urea groups is 1. The van der Waals surface area contributed by atoms with E-state index in [0.29, 0.717) is 29.2 Å². The number of nitrogens with one attached hydrogen (secondary N) is 1. The summed E-state index contributed by atoms with van der Waals surface area (Å²) < 4.78 is 1.86. The Morgan fingerprint density at radius 1 is 1.36 bits per heavy atom. The van der Waals surface area contributed by atoms with Gasteiger partial charge in [0.25, 0.3) is 0 Å². The highest BCUT2D eigenvalue weighted by Crippen LogP contribution is 2.30. The summed E-state index contributed by atoms with van der Waals surface area (Å²) >= 11 is 12.2. The first-order valence-corrected chi connectivity index (χ1v) is 9.10. The Labute approximate surface area is 157 Å². The number of nitrogens with zero attached hydrogens (tertiary/aromatic N) is 3. The summed E-state index contributed by atoms with van der Waals surface area (Å²) in [5, 5.41) is 8.40. The molecule has 5 nitrogen and oxygen atoms in total. The SMILES string of the molecule is Cc1nn(C)c(C)c1CN(C(=O)NCc1cccc(Cl)c1Cl)C1CC1. The lowest BCUT2D eigenvalue weighted by Crippen LogP contribution is -2.40. The van der Waals surface area contributed by atoms with Crippen molar-refractivity contribution in [2.45, 2.75) is 45.8 Å². The molecule has 0 aliphatic heterocycles. The van der Waals surface area contributed by atoms with Crippen molar-refractivity contribution in [1.82, 2.24) is 20.0 Å². The third-order valence-corrected chi connectivity index (χ3v) is 5.56. The lowest BCUT2D eigenvalue weighted by molar-refractivity contribution is 0.191. The third-order valence-electron chi connectivity index (χ3n) is 4.70. The molecule has 2 amide bonds. The van der Waals surface area contributed by atoms with E-state index in [1.807, 2.05) is 42.6 Å². The predicted octanol–water partition coefficient (Wildman–Crippen LogP) is 4.22. The van der Waals surface area contributed by atoms with Crippen molar-refractivity contribution >= 4 is 29.2 Å². The van der Waals surface area contributed by atoms with Crippen molar-refractivity contribution in [3.63, 3.8) is 0 Å². The molecule has 1 aromatic carbocycles. The molecule has 1 fully saturated rings.